The van der Waals surface area contributed by atoms with E-state index < -0.39 is 10.4 Å². The molecule has 0 aliphatic rings. The third kappa shape index (κ3) is 2.19. The van der Waals surface area contributed by atoms with Gasteiger partial charge in [-0.1, -0.05) is 23.7 Å². The van der Waals surface area contributed by atoms with Crippen molar-refractivity contribution in [3.63, 3.8) is 0 Å². The summed E-state index contributed by atoms with van der Waals surface area (Å²) in [5.74, 6) is -0.227. The molecule has 3 rings (SSSR count). The Bertz CT molecular complexity index is 964. The number of fused-ring (bicyclic) bond motifs is 1. The molecule has 2 aromatic carbocycles. The van der Waals surface area contributed by atoms with E-state index in [1.807, 2.05) is 0 Å². The van der Waals surface area contributed by atoms with Gasteiger partial charge in [0.1, 0.15) is 16.5 Å². The Morgan fingerprint density at radius 2 is 1.91 bits per heavy atom. The van der Waals surface area contributed by atoms with Gasteiger partial charge in [-0.3, -0.25) is 14.9 Å². The lowest BCUT2D eigenvalue weighted by molar-refractivity contribution is -0.384. The van der Waals surface area contributed by atoms with Crippen LogP contribution < -0.4 is 5.43 Å². The van der Waals surface area contributed by atoms with E-state index >= 15 is 0 Å². The van der Waals surface area contributed by atoms with Gasteiger partial charge in [-0.25, -0.2) is 0 Å². The van der Waals surface area contributed by atoms with Crippen LogP contribution in [0.15, 0.2) is 51.7 Å². The minimum Gasteiger partial charge on any atom is -0.506 e. The van der Waals surface area contributed by atoms with Crippen LogP contribution in [0.4, 0.5) is 5.69 Å². The van der Waals surface area contributed by atoms with Crippen LogP contribution in [0.1, 0.15) is 0 Å². The number of phenols is 1. The zero-order valence-electron chi connectivity index (χ0n) is 10.9. The molecule has 0 unspecified atom stereocenters. The minimum absolute atomic E-state index is 0.0114. The average Bonchev–Trinajstić information content (AvgIpc) is 2.51. The molecular formula is C15H8ClNO5. The van der Waals surface area contributed by atoms with Crippen LogP contribution in [0.2, 0.25) is 5.02 Å². The average molecular weight is 318 g/mol. The molecule has 0 radical (unpaired) electrons. The Labute approximate surface area is 128 Å². The quantitative estimate of drug-likeness (QED) is 0.574. The van der Waals surface area contributed by atoms with Crippen molar-refractivity contribution in [2.75, 3.05) is 0 Å². The van der Waals surface area contributed by atoms with Gasteiger partial charge in [-0.15, -0.1) is 0 Å². The number of phenolic OH excluding ortho intramolecular Hbond substituents is 1. The van der Waals surface area contributed by atoms with Gasteiger partial charge >= 0.3 is 0 Å². The summed E-state index contributed by atoms with van der Waals surface area (Å²) in [6.45, 7) is 0. The molecule has 1 heterocycles. The highest BCUT2D eigenvalue weighted by molar-refractivity contribution is 6.36. The number of para-hydroxylation sites is 1. The highest BCUT2D eigenvalue weighted by atomic mass is 35.5. The van der Waals surface area contributed by atoms with Crippen LogP contribution >= 0.6 is 11.6 Å². The highest BCUT2D eigenvalue weighted by Gasteiger charge is 2.19. The number of benzene rings is 2. The fourth-order valence-corrected chi connectivity index (χ4v) is 2.35. The monoisotopic (exact) mass is 317 g/mol. The fourth-order valence-electron chi connectivity index (χ4n) is 2.15. The molecule has 1 aromatic heterocycles. The molecule has 0 fully saturated rings. The summed E-state index contributed by atoms with van der Waals surface area (Å²) >= 11 is 5.94. The molecule has 0 aliphatic heterocycles. The summed E-state index contributed by atoms with van der Waals surface area (Å²) in [6, 6.07) is 9.72. The van der Waals surface area contributed by atoms with E-state index in [4.69, 9.17) is 16.0 Å². The first kappa shape index (κ1) is 14.1. The molecular weight excluding hydrogens is 310 g/mol. The van der Waals surface area contributed by atoms with Crippen LogP contribution in [-0.2, 0) is 0 Å². The van der Waals surface area contributed by atoms with Gasteiger partial charge in [0.15, 0.2) is 11.0 Å². The second-order valence-corrected chi connectivity index (χ2v) is 4.90. The largest absolute Gasteiger partial charge is 0.506 e. The first-order valence-corrected chi connectivity index (χ1v) is 6.56. The van der Waals surface area contributed by atoms with Crippen molar-refractivity contribution in [3.05, 3.63) is 67.8 Å². The fraction of sp³-hybridized carbons (Fsp3) is 0. The zero-order valence-corrected chi connectivity index (χ0v) is 11.7. The minimum atomic E-state index is -0.566. The topological polar surface area (TPSA) is 93.6 Å². The van der Waals surface area contributed by atoms with E-state index in [1.54, 1.807) is 6.07 Å². The van der Waals surface area contributed by atoms with E-state index in [0.717, 1.165) is 6.07 Å². The maximum atomic E-state index is 12.1. The smallest absolute Gasteiger partial charge is 0.280 e. The number of hydrogen-bond acceptors (Lipinski definition) is 5. The Morgan fingerprint density at radius 1 is 1.18 bits per heavy atom. The number of nitro benzene ring substituents is 1. The van der Waals surface area contributed by atoms with E-state index in [1.165, 1.54) is 30.3 Å². The van der Waals surface area contributed by atoms with E-state index in [2.05, 4.69) is 0 Å². The Hall–Kier alpha value is -2.86. The second-order valence-electron chi connectivity index (χ2n) is 4.52. The molecule has 0 spiro atoms. The molecule has 22 heavy (non-hydrogen) atoms. The van der Waals surface area contributed by atoms with Crippen LogP contribution in [0.3, 0.4) is 0 Å². The van der Waals surface area contributed by atoms with Gasteiger partial charge in [0.05, 0.1) is 15.9 Å². The Kier molecular flexibility index (Phi) is 3.30. The molecule has 7 heteroatoms. The van der Waals surface area contributed by atoms with Crippen molar-refractivity contribution in [1.82, 2.24) is 0 Å². The number of nitrogens with zero attached hydrogens (tertiary/aromatic N) is 1. The van der Waals surface area contributed by atoms with Crippen molar-refractivity contribution < 1.29 is 14.4 Å². The Morgan fingerprint density at radius 3 is 2.64 bits per heavy atom. The molecule has 0 saturated carbocycles. The van der Waals surface area contributed by atoms with Gasteiger partial charge in [0, 0.05) is 12.1 Å². The molecule has 3 aromatic rings. The van der Waals surface area contributed by atoms with E-state index in [0.29, 0.717) is 0 Å². The van der Waals surface area contributed by atoms with Crippen LogP contribution in [0, 0.1) is 10.1 Å². The summed E-state index contributed by atoms with van der Waals surface area (Å²) < 4.78 is 5.53. The number of rotatable bonds is 2. The lowest BCUT2D eigenvalue weighted by Crippen LogP contribution is -2.01. The summed E-state index contributed by atoms with van der Waals surface area (Å²) in [7, 11) is 0. The Balaban J connectivity index is 2.37. The third-order valence-electron chi connectivity index (χ3n) is 3.18. The molecule has 0 saturated heterocycles. The maximum absolute atomic E-state index is 12.1. The predicted octanol–water partition coefficient (Wildman–Crippen LogP) is 3.73. The summed E-state index contributed by atoms with van der Waals surface area (Å²) in [4.78, 5) is 22.7. The normalized spacial score (nSPS) is 10.8. The first-order chi connectivity index (χ1) is 10.5. The van der Waals surface area contributed by atoms with Crippen LogP contribution in [0.25, 0.3) is 22.3 Å². The number of aromatic hydroxyl groups is 1. The standard InChI is InChI=1S/C15H8ClNO5/c16-14-11(18)6-5-9-12(19)7-13(22-15(9)14)8-3-1-2-4-10(8)17(20)21/h1-7,18H. The van der Waals surface area contributed by atoms with Gasteiger partial charge in [0.25, 0.3) is 5.69 Å². The first-order valence-electron chi connectivity index (χ1n) is 6.18. The molecule has 6 nitrogen and oxygen atoms in total. The summed E-state index contributed by atoms with van der Waals surface area (Å²) in [6.07, 6.45) is 0. The van der Waals surface area contributed by atoms with Gasteiger partial charge in [0.2, 0.25) is 0 Å². The van der Waals surface area contributed by atoms with Crippen molar-refractivity contribution in [1.29, 1.82) is 0 Å². The molecule has 0 atom stereocenters. The van der Waals surface area contributed by atoms with Crippen LogP contribution in [0.5, 0.6) is 5.75 Å². The van der Waals surface area contributed by atoms with Gasteiger partial charge < -0.3 is 9.52 Å². The van der Waals surface area contributed by atoms with Crippen molar-refractivity contribution in [2.24, 2.45) is 0 Å². The number of hydrogen-bond donors (Lipinski definition) is 1. The van der Waals surface area contributed by atoms with Crippen molar-refractivity contribution in [2.45, 2.75) is 0 Å². The predicted molar refractivity (Wildman–Crippen MR) is 81.2 cm³/mol. The molecule has 0 aliphatic carbocycles. The number of halogens is 1. The van der Waals surface area contributed by atoms with Crippen molar-refractivity contribution >= 4 is 28.3 Å². The molecule has 0 bridgehead atoms. The molecule has 1 N–H and O–H groups in total. The SMILES string of the molecule is O=c1cc(-c2ccccc2[N+](=O)[O-])oc2c(Cl)c(O)ccc12. The summed E-state index contributed by atoms with van der Waals surface area (Å²) in [5, 5.41) is 20.8. The molecule has 110 valence electrons. The lowest BCUT2D eigenvalue weighted by atomic mass is 10.1. The van der Waals surface area contributed by atoms with Gasteiger partial charge in [-0.05, 0) is 18.2 Å². The van der Waals surface area contributed by atoms with E-state index in [9.17, 15) is 20.0 Å². The van der Waals surface area contributed by atoms with Gasteiger partial charge in [-0.2, -0.15) is 0 Å². The second kappa shape index (κ2) is 5.16. The van der Waals surface area contributed by atoms with Crippen LogP contribution in [-0.4, -0.2) is 10.0 Å². The lowest BCUT2D eigenvalue weighted by Gasteiger charge is -2.06. The summed E-state index contributed by atoms with van der Waals surface area (Å²) in [5.41, 5.74) is -0.453. The zero-order chi connectivity index (χ0) is 15.9. The highest BCUT2D eigenvalue weighted by Crippen LogP contribution is 2.35. The molecule has 0 amide bonds. The van der Waals surface area contributed by atoms with E-state index in [-0.39, 0.29) is 38.8 Å². The third-order valence-corrected chi connectivity index (χ3v) is 3.55. The number of nitro groups is 1. The maximum Gasteiger partial charge on any atom is 0.280 e. The van der Waals surface area contributed by atoms with Crippen molar-refractivity contribution in [3.8, 4) is 17.1 Å².